The van der Waals surface area contributed by atoms with E-state index in [1.165, 1.54) is 0 Å². The standard InChI is InChI=1S/C20H25N3O6/c1-12(19(25)21-9-15-3-2-6-27-15)22-20(26)13-7-18(24)23(10-13)14-4-5-16-17(8-14)29-11-28-16/h4-5,8,12-13,15H,2-3,6-7,9-11H2,1H3,(H,21,25)(H,22,26)/t12-,13+,15-/m0/s1. The van der Waals surface area contributed by atoms with Crippen LogP contribution >= 0.6 is 0 Å². The Morgan fingerprint density at radius 1 is 1.28 bits per heavy atom. The van der Waals surface area contributed by atoms with E-state index >= 15 is 0 Å². The summed E-state index contributed by atoms with van der Waals surface area (Å²) in [5.74, 6) is 0.00488. The molecule has 9 nitrogen and oxygen atoms in total. The van der Waals surface area contributed by atoms with Crippen molar-refractivity contribution in [2.75, 3.05) is 31.4 Å². The van der Waals surface area contributed by atoms with E-state index in [0.717, 1.165) is 19.4 Å². The lowest BCUT2D eigenvalue weighted by atomic mass is 10.1. The summed E-state index contributed by atoms with van der Waals surface area (Å²) in [6.07, 6.45) is 2.08. The quantitative estimate of drug-likeness (QED) is 0.719. The molecule has 29 heavy (non-hydrogen) atoms. The Balaban J connectivity index is 1.30. The molecule has 0 aromatic heterocycles. The number of ether oxygens (including phenoxy) is 3. The van der Waals surface area contributed by atoms with Crippen LogP contribution in [0.2, 0.25) is 0 Å². The third-order valence-corrected chi connectivity index (χ3v) is 5.44. The fourth-order valence-corrected chi connectivity index (χ4v) is 3.76. The van der Waals surface area contributed by atoms with Crippen molar-refractivity contribution in [1.82, 2.24) is 10.6 Å². The summed E-state index contributed by atoms with van der Waals surface area (Å²) in [4.78, 5) is 38.8. The van der Waals surface area contributed by atoms with Crippen molar-refractivity contribution in [3.63, 3.8) is 0 Å². The van der Waals surface area contributed by atoms with Gasteiger partial charge in [0, 0.05) is 37.9 Å². The summed E-state index contributed by atoms with van der Waals surface area (Å²) in [7, 11) is 0. The van der Waals surface area contributed by atoms with E-state index in [1.807, 2.05) is 0 Å². The van der Waals surface area contributed by atoms with Gasteiger partial charge in [0.05, 0.1) is 12.0 Å². The smallest absolute Gasteiger partial charge is 0.242 e. The maximum Gasteiger partial charge on any atom is 0.242 e. The first-order valence-corrected chi connectivity index (χ1v) is 9.91. The third kappa shape index (κ3) is 4.29. The van der Waals surface area contributed by atoms with Crippen LogP contribution in [0.25, 0.3) is 0 Å². The van der Waals surface area contributed by atoms with E-state index in [9.17, 15) is 14.4 Å². The third-order valence-electron chi connectivity index (χ3n) is 5.44. The highest BCUT2D eigenvalue weighted by Crippen LogP contribution is 2.37. The summed E-state index contributed by atoms with van der Waals surface area (Å²) < 4.78 is 16.1. The molecule has 156 valence electrons. The first-order chi connectivity index (χ1) is 14.0. The highest BCUT2D eigenvalue weighted by atomic mass is 16.7. The minimum absolute atomic E-state index is 0.0459. The number of hydrogen-bond donors (Lipinski definition) is 2. The fraction of sp³-hybridized carbons (Fsp3) is 0.550. The number of nitrogens with one attached hydrogen (secondary N) is 2. The second-order valence-electron chi connectivity index (χ2n) is 7.55. The predicted octanol–water partition coefficient (Wildman–Crippen LogP) is 0.568. The van der Waals surface area contributed by atoms with E-state index in [2.05, 4.69) is 10.6 Å². The summed E-state index contributed by atoms with van der Waals surface area (Å²) >= 11 is 0. The molecule has 1 aromatic carbocycles. The van der Waals surface area contributed by atoms with Crippen LogP contribution in [0.4, 0.5) is 5.69 Å². The molecule has 2 fully saturated rings. The fourth-order valence-electron chi connectivity index (χ4n) is 3.76. The molecule has 2 saturated heterocycles. The van der Waals surface area contributed by atoms with E-state index in [-0.39, 0.29) is 43.6 Å². The van der Waals surface area contributed by atoms with Gasteiger partial charge in [-0.05, 0) is 31.9 Å². The van der Waals surface area contributed by atoms with Gasteiger partial charge in [-0.2, -0.15) is 0 Å². The normalized spacial score (nSPS) is 23.9. The molecular weight excluding hydrogens is 378 g/mol. The van der Waals surface area contributed by atoms with Gasteiger partial charge in [-0.25, -0.2) is 0 Å². The Bertz CT molecular complexity index is 807. The van der Waals surface area contributed by atoms with Crippen LogP contribution in [-0.4, -0.2) is 56.4 Å². The molecule has 0 aliphatic carbocycles. The average molecular weight is 403 g/mol. The lowest BCUT2D eigenvalue weighted by Crippen LogP contribution is -2.48. The molecule has 0 saturated carbocycles. The van der Waals surface area contributed by atoms with Gasteiger partial charge in [0.1, 0.15) is 6.04 Å². The molecule has 0 bridgehead atoms. The second kappa shape index (κ2) is 8.28. The molecule has 3 amide bonds. The number of rotatable bonds is 6. The van der Waals surface area contributed by atoms with Crippen LogP contribution in [0.5, 0.6) is 11.5 Å². The number of amides is 3. The van der Waals surface area contributed by atoms with Crippen LogP contribution < -0.4 is 25.0 Å². The number of hydrogen-bond acceptors (Lipinski definition) is 6. The number of anilines is 1. The number of carbonyl (C=O) groups excluding carboxylic acids is 3. The summed E-state index contributed by atoms with van der Waals surface area (Å²) in [5, 5.41) is 5.52. The predicted molar refractivity (Wildman–Crippen MR) is 103 cm³/mol. The molecule has 3 heterocycles. The van der Waals surface area contributed by atoms with Gasteiger partial charge < -0.3 is 29.7 Å². The molecule has 3 aliphatic heterocycles. The van der Waals surface area contributed by atoms with Gasteiger partial charge in [-0.3, -0.25) is 14.4 Å². The molecule has 2 N–H and O–H groups in total. The van der Waals surface area contributed by atoms with Crippen molar-refractivity contribution in [3.05, 3.63) is 18.2 Å². The van der Waals surface area contributed by atoms with Gasteiger partial charge in [-0.15, -0.1) is 0 Å². The van der Waals surface area contributed by atoms with Crippen LogP contribution in [-0.2, 0) is 19.1 Å². The molecule has 0 spiro atoms. The molecule has 1 aromatic rings. The highest BCUT2D eigenvalue weighted by Gasteiger charge is 2.36. The monoisotopic (exact) mass is 403 g/mol. The topological polar surface area (TPSA) is 106 Å². The number of benzene rings is 1. The van der Waals surface area contributed by atoms with Gasteiger partial charge in [-0.1, -0.05) is 0 Å². The van der Waals surface area contributed by atoms with Crippen LogP contribution in [0.1, 0.15) is 26.2 Å². The number of carbonyl (C=O) groups is 3. The largest absolute Gasteiger partial charge is 0.454 e. The van der Waals surface area contributed by atoms with Crippen LogP contribution in [0.15, 0.2) is 18.2 Å². The highest BCUT2D eigenvalue weighted by molar-refractivity contribution is 6.01. The minimum Gasteiger partial charge on any atom is -0.454 e. The molecule has 3 atom stereocenters. The zero-order valence-corrected chi connectivity index (χ0v) is 16.3. The Labute approximate surface area is 168 Å². The number of nitrogens with zero attached hydrogens (tertiary/aromatic N) is 1. The molecule has 4 rings (SSSR count). The lowest BCUT2D eigenvalue weighted by molar-refractivity contribution is -0.131. The summed E-state index contributed by atoms with van der Waals surface area (Å²) in [6, 6.07) is 4.58. The maximum absolute atomic E-state index is 12.6. The van der Waals surface area contributed by atoms with Crippen LogP contribution in [0, 0.1) is 5.92 Å². The van der Waals surface area contributed by atoms with Crippen molar-refractivity contribution in [1.29, 1.82) is 0 Å². The van der Waals surface area contributed by atoms with Gasteiger partial charge in [0.2, 0.25) is 24.5 Å². The Morgan fingerprint density at radius 3 is 2.90 bits per heavy atom. The van der Waals surface area contributed by atoms with Gasteiger partial charge in [0.15, 0.2) is 11.5 Å². The zero-order valence-electron chi connectivity index (χ0n) is 16.3. The second-order valence-corrected chi connectivity index (χ2v) is 7.55. The first kappa shape index (κ1) is 19.5. The molecule has 0 unspecified atom stereocenters. The van der Waals surface area contributed by atoms with Crippen molar-refractivity contribution in [3.8, 4) is 11.5 Å². The first-order valence-electron chi connectivity index (χ1n) is 9.91. The Morgan fingerprint density at radius 2 is 2.10 bits per heavy atom. The van der Waals surface area contributed by atoms with Crippen molar-refractivity contribution in [2.45, 2.75) is 38.3 Å². The van der Waals surface area contributed by atoms with E-state index in [0.29, 0.717) is 23.7 Å². The Hall–Kier alpha value is -2.81. The van der Waals surface area contributed by atoms with E-state index < -0.39 is 12.0 Å². The van der Waals surface area contributed by atoms with Gasteiger partial charge in [0.25, 0.3) is 0 Å². The van der Waals surface area contributed by atoms with E-state index in [1.54, 1.807) is 30.0 Å². The number of fused-ring (bicyclic) bond motifs is 1. The van der Waals surface area contributed by atoms with E-state index in [4.69, 9.17) is 14.2 Å². The summed E-state index contributed by atoms with van der Waals surface area (Å²) in [5.41, 5.74) is 0.664. The van der Waals surface area contributed by atoms with Crippen LogP contribution in [0.3, 0.4) is 0 Å². The molecule has 0 radical (unpaired) electrons. The molecular formula is C20H25N3O6. The van der Waals surface area contributed by atoms with Crippen molar-refractivity contribution >= 4 is 23.4 Å². The van der Waals surface area contributed by atoms with Crippen molar-refractivity contribution in [2.24, 2.45) is 5.92 Å². The Kier molecular flexibility index (Phi) is 5.57. The van der Waals surface area contributed by atoms with Gasteiger partial charge >= 0.3 is 0 Å². The average Bonchev–Trinajstić information content (AvgIpc) is 3.45. The lowest BCUT2D eigenvalue weighted by Gasteiger charge is -2.19. The minimum atomic E-state index is -0.682. The zero-order chi connectivity index (χ0) is 20.4. The maximum atomic E-state index is 12.6. The SMILES string of the molecule is C[C@H](NC(=O)[C@@H]1CC(=O)N(c2ccc3c(c2)OCO3)C1)C(=O)NC[C@@H]1CCCO1. The molecule has 3 aliphatic rings. The summed E-state index contributed by atoms with van der Waals surface area (Å²) in [6.45, 7) is 3.22. The van der Waals surface area contributed by atoms with Crippen molar-refractivity contribution < 1.29 is 28.6 Å². The molecule has 9 heteroatoms.